The fourth-order valence-corrected chi connectivity index (χ4v) is 13.1. The van der Waals surface area contributed by atoms with Crippen LogP contribution in [-0.2, 0) is 25.5 Å². The van der Waals surface area contributed by atoms with Crippen LogP contribution in [0.1, 0.15) is 155 Å². The Morgan fingerprint density at radius 1 is 0.909 bits per heavy atom. The van der Waals surface area contributed by atoms with Gasteiger partial charge in [-0.15, -0.1) is 5.92 Å². The average Bonchev–Trinajstić information content (AvgIpc) is 3.62. The van der Waals surface area contributed by atoms with Gasteiger partial charge in [-0.25, -0.2) is 4.79 Å². The molecule has 55 heavy (non-hydrogen) atoms. The number of aryl methyl sites for hydroxylation is 1. The maximum Gasteiger partial charge on any atom is 0.331 e. The summed E-state index contributed by atoms with van der Waals surface area (Å²) in [5.74, 6) is 6.71. The topological polar surface area (TPSA) is 113 Å². The molecule has 1 aromatic rings. The van der Waals surface area contributed by atoms with Crippen molar-refractivity contribution >= 4 is 11.9 Å². The molecule has 0 unspecified atom stereocenters. The summed E-state index contributed by atoms with van der Waals surface area (Å²) >= 11 is 0. The molecular weight excluding hydrogens is 689 g/mol. The van der Waals surface area contributed by atoms with E-state index in [0.717, 1.165) is 95.5 Å². The number of carbonyl (C=O) groups excluding carboxylic acids is 2. The summed E-state index contributed by atoms with van der Waals surface area (Å²) in [6.45, 7) is 6.77. The van der Waals surface area contributed by atoms with Crippen LogP contribution in [-0.4, -0.2) is 57.8 Å². The Labute approximate surface area is 330 Å². The van der Waals surface area contributed by atoms with Crippen molar-refractivity contribution < 1.29 is 34.4 Å². The number of cyclic esters (lactones) is 1. The van der Waals surface area contributed by atoms with Crippen molar-refractivity contribution in [3.63, 3.8) is 0 Å². The van der Waals surface area contributed by atoms with Crippen LogP contribution >= 0.6 is 0 Å². The first-order valence-electron chi connectivity index (χ1n) is 22.1. The maximum atomic E-state index is 14.7. The van der Waals surface area contributed by atoms with Gasteiger partial charge in [0.2, 0.25) is 0 Å². The van der Waals surface area contributed by atoms with Gasteiger partial charge >= 0.3 is 11.9 Å². The standard InChI is InChI=1S/C48H68O7/c1-34(15-13-18-35-16-7-4-8-17-35)21-22-39(49)48-40(50)24-29-45(3,37-19-9-5-10-20-37)42(48)38-32-44(2,47(48,53)30-23-36-31-41(51)54-33-36)25-14-28-46(43(52)55-38)26-11-6-12-27-46/h4,7-8,16-17,31,34,37-40,42,49-50,53H,5-6,9-13,15,18-24,26-30,32-33H2,1-3H3/t34-,38-,39+,40-,42+,44+,45+,47-,48+/m1/s1. The van der Waals surface area contributed by atoms with Gasteiger partial charge in [0.25, 0.3) is 0 Å². The zero-order valence-electron chi connectivity index (χ0n) is 34.0. The Bertz CT molecular complexity index is 1610. The smallest absolute Gasteiger partial charge is 0.331 e. The summed E-state index contributed by atoms with van der Waals surface area (Å²) in [5, 5.41) is 40.1. The molecule has 4 aliphatic carbocycles. The molecule has 0 radical (unpaired) electrons. The number of esters is 2. The molecule has 9 atom stereocenters. The summed E-state index contributed by atoms with van der Waals surface area (Å²) in [5.41, 5.74) is -3.13. The van der Waals surface area contributed by atoms with Gasteiger partial charge in [0, 0.05) is 24.8 Å². The SMILES string of the molecule is C[C@H](CCCc1ccccc1)CC[C@H](O)[C@]12[C@H](O)CC[C@@](C)(C3CCCCC3)[C@@H]1[C@H]1C[C@](C)(C#CCC3(CCCCC3)C(=O)O1)[C@]2(O)CCC1=CC(=O)OC1. The number of ether oxygens (including phenoxy) is 2. The second-order valence-electron chi connectivity index (χ2n) is 19.5. The molecule has 2 bridgehead atoms. The zero-order valence-corrected chi connectivity index (χ0v) is 34.0. The molecular formula is C48H68O7. The molecule has 302 valence electrons. The van der Waals surface area contributed by atoms with Crippen LogP contribution < -0.4 is 0 Å². The second kappa shape index (κ2) is 16.3. The molecule has 1 aromatic carbocycles. The van der Waals surface area contributed by atoms with Crippen molar-refractivity contribution in [3.8, 4) is 11.8 Å². The van der Waals surface area contributed by atoms with Gasteiger partial charge in [0.15, 0.2) is 0 Å². The largest absolute Gasteiger partial charge is 0.462 e. The quantitative estimate of drug-likeness (QED) is 0.144. The predicted molar refractivity (Wildman–Crippen MR) is 213 cm³/mol. The minimum atomic E-state index is -1.66. The minimum absolute atomic E-state index is 0.172. The highest BCUT2D eigenvalue weighted by Gasteiger charge is 2.78. The molecule has 4 saturated carbocycles. The number of fused-ring (bicyclic) bond motifs is 4. The number of hydrogen-bond donors (Lipinski definition) is 3. The van der Waals surface area contributed by atoms with Crippen LogP contribution in [0.5, 0.6) is 0 Å². The lowest BCUT2D eigenvalue weighted by atomic mass is 9.35. The van der Waals surface area contributed by atoms with Crippen molar-refractivity contribution in [2.75, 3.05) is 6.61 Å². The van der Waals surface area contributed by atoms with Gasteiger partial charge in [0.1, 0.15) is 12.7 Å². The fraction of sp³-hybridized carbons (Fsp3) is 0.750. The van der Waals surface area contributed by atoms with E-state index in [9.17, 15) is 24.9 Å². The Kier molecular flexibility index (Phi) is 12.0. The van der Waals surface area contributed by atoms with E-state index in [1.165, 1.54) is 18.1 Å². The van der Waals surface area contributed by atoms with Gasteiger partial charge in [-0.3, -0.25) is 4.79 Å². The molecule has 2 heterocycles. The average molecular weight is 757 g/mol. The van der Waals surface area contributed by atoms with Gasteiger partial charge in [-0.1, -0.05) is 95.0 Å². The monoisotopic (exact) mass is 756 g/mol. The van der Waals surface area contributed by atoms with Crippen molar-refractivity contribution in [1.82, 2.24) is 0 Å². The summed E-state index contributed by atoms with van der Waals surface area (Å²) < 4.78 is 12.3. The molecule has 0 amide bonds. The first-order valence-corrected chi connectivity index (χ1v) is 22.1. The normalized spacial score (nSPS) is 37.2. The van der Waals surface area contributed by atoms with Crippen molar-refractivity contribution in [3.05, 3.63) is 47.5 Å². The van der Waals surface area contributed by atoms with Crippen molar-refractivity contribution in [1.29, 1.82) is 0 Å². The van der Waals surface area contributed by atoms with E-state index in [1.54, 1.807) is 0 Å². The predicted octanol–water partition coefficient (Wildman–Crippen LogP) is 8.80. The van der Waals surface area contributed by atoms with Crippen LogP contribution in [0, 0.1) is 51.3 Å². The van der Waals surface area contributed by atoms with Crippen LogP contribution in [0.3, 0.4) is 0 Å². The second-order valence-corrected chi connectivity index (χ2v) is 19.5. The Balaban J connectivity index is 1.32. The number of rotatable bonds is 12. The number of aliphatic hydroxyl groups excluding tert-OH is 2. The highest BCUT2D eigenvalue weighted by molar-refractivity contribution is 5.85. The lowest BCUT2D eigenvalue weighted by Crippen LogP contribution is -2.79. The molecule has 7 rings (SSSR count). The van der Waals surface area contributed by atoms with Crippen LogP contribution in [0.15, 0.2) is 42.0 Å². The van der Waals surface area contributed by atoms with E-state index in [4.69, 9.17) is 9.47 Å². The third-order valence-electron chi connectivity index (χ3n) is 16.2. The van der Waals surface area contributed by atoms with Crippen LogP contribution in [0.4, 0.5) is 0 Å². The first-order chi connectivity index (χ1) is 26.4. The Hall–Kier alpha value is -2.66. The summed E-state index contributed by atoms with van der Waals surface area (Å²) in [7, 11) is 0. The van der Waals surface area contributed by atoms with E-state index in [2.05, 4.69) is 50.0 Å². The van der Waals surface area contributed by atoms with Crippen LogP contribution in [0.25, 0.3) is 0 Å². The van der Waals surface area contributed by atoms with Gasteiger partial charge in [-0.2, -0.15) is 0 Å². The summed E-state index contributed by atoms with van der Waals surface area (Å²) in [6.07, 6.45) is 15.7. The van der Waals surface area contributed by atoms with Crippen molar-refractivity contribution in [2.24, 2.45) is 39.4 Å². The Morgan fingerprint density at radius 2 is 1.64 bits per heavy atom. The minimum Gasteiger partial charge on any atom is -0.462 e. The van der Waals surface area contributed by atoms with Crippen LogP contribution in [0.2, 0.25) is 0 Å². The van der Waals surface area contributed by atoms with E-state index in [-0.39, 0.29) is 25.0 Å². The molecule has 0 saturated heterocycles. The fourth-order valence-electron chi connectivity index (χ4n) is 13.1. The third kappa shape index (κ3) is 7.36. The lowest BCUT2D eigenvalue weighted by molar-refractivity contribution is -0.339. The molecule has 1 spiro atoms. The molecule has 2 aliphatic heterocycles. The molecule has 7 nitrogen and oxygen atoms in total. The maximum absolute atomic E-state index is 14.7. The molecule has 6 aliphatic rings. The van der Waals surface area contributed by atoms with Gasteiger partial charge in [-0.05, 0) is 112 Å². The number of aliphatic hydroxyl groups is 3. The highest BCUT2D eigenvalue weighted by atomic mass is 16.5. The van der Waals surface area contributed by atoms with Gasteiger partial charge < -0.3 is 24.8 Å². The van der Waals surface area contributed by atoms with E-state index < -0.39 is 51.5 Å². The van der Waals surface area contributed by atoms with Crippen molar-refractivity contribution in [2.45, 2.75) is 180 Å². The van der Waals surface area contributed by atoms with Gasteiger partial charge in [0.05, 0.1) is 34.1 Å². The molecule has 4 fully saturated rings. The Morgan fingerprint density at radius 3 is 2.35 bits per heavy atom. The lowest BCUT2D eigenvalue weighted by Gasteiger charge is -2.72. The summed E-state index contributed by atoms with van der Waals surface area (Å²) in [6, 6.07) is 10.6. The molecule has 3 N–H and O–H groups in total. The third-order valence-corrected chi connectivity index (χ3v) is 16.2. The summed E-state index contributed by atoms with van der Waals surface area (Å²) in [4.78, 5) is 26.9. The van der Waals surface area contributed by atoms with E-state index in [1.807, 2.05) is 13.0 Å². The molecule has 7 heteroatoms. The molecule has 0 aromatic heterocycles. The highest BCUT2D eigenvalue weighted by Crippen LogP contribution is 2.72. The first kappa shape index (κ1) is 40.5. The number of benzene rings is 1. The zero-order chi connectivity index (χ0) is 38.9. The number of carbonyl (C=O) groups is 2. The van der Waals surface area contributed by atoms with E-state index in [0.29, 0.717) is 43.9 Å². The number of hydrogen-bond acceptors (Lipinski definition) is 7. The van der Waals surface area contributed by atoms with E-state index >= 15 is 0 Å².